The van der Waals surface area contributed by atoms with Crippen LogP contribution in [0.2, 0.25) is 5.02 Å². The van der Waals surface area contributed by atoms with E-state index in [1.807, 2.05) is 61.5 Å². The largest absolute Gasteiger partial charge is 0.465 e. The van der Waals surface area contributed by atoms with Gasteiger partial charge in [0.1, 0.15) is 0 Å². The first-order valence-electron chi connectivity index (χ1n) is 10.4. The number of ether oxygens (including phenoxy) is 1. The van der Waals surface area contributed by atoms with Gasteiger partial charge in [0.2, 0.25) is 0 Å². The van der Waals surface area contributed by atoms with Crippen molar-refractivity contribution in [2.75, 3.05) is 26.2 Å². The summed E-state index contributed by atoms with van der Waals surface area (Å²) in [5, 5.41) is 11.8. The number of rotatable bonds is 6. The van der Waals surface area contributed by atoms with Gasteiger partial charge in [0.15, 0.2) is 0 Å². The quantitative estimate of drug-likeness (QED) is 0.723. The number of halogens is 1. The molecular formula is C24H28ClNO3. The number of hydrogen-bond donors (Lipinski definition) is 1. The van der Waals surface area contributed by atoms with E-state index in [1.54, 1.807) is 0 Å². The summed E-state index contributed by atoms with van der Waals surface area (Å²) in [6.45, 7) is 4.73. The molecule has 29 heavy (non-hydrogen) atoms. The number of likely N-dealkylation sites (tertiary alicyclic amines) is 1. The highest BCUT2D eigenvalue weighted by atomic mass is 35.5. The minimum atomic E-state index is -0.803. The average Bonchev–Trinajstić information content (AvgIpc) is 3.46. The highest BCUT2D eigenvalue weighted by Gasteiger charge is 2.62. The van der Waals surface area contributed by atoms with E-state index in [4.69, 9.17) is 16.3 Å². The summed E-state index contributed by atoms with van der Waals surface area (Å²) >= 11 is 5.98. The van der Waals surface area contributed by atoms with E-state index in [-0.39, 0.29) is 11.9 Å². The van der Waals surface area contributed by atoms with Gasteiger partial charge in [-0.2, -0.15) is 0 Å². The summed E-state index contributed by atoms with van der Waals surface area (Å²) in [7, 11) is 0. The molecule has 2 aromatic carbocycles. The van der Waals surface area contributed by atoms with E-state index in [1.165, 1.54) is 0 Å². The van der Waals surface area contributed by atoms with Gasteiger partial charge < -0.3 is 14.7 Å². The molecule has 1 aliphatic heterocycles. The van der Waals surface area contributed by atoms with Crippen molar-refractivity contribution in [1.29, 1.82) is 0 Å². The second-order valence-electron chi connectivity index (χ2n) is 8.30. The fourth-order valence-corrected chi connectivity index (χ4v) is 4.86. The summed E-state index contributed by atoms with van der Waals surface area (Å²) in [6.07, 6.45) is 2.19. The van der Waals surface area contributed by atoms with Gasteiger partial charge in [-0.3, -0.25) is 4.79 Å². The Labute approximate surface area is 177 Å². The molecule has 2 aromatic rings. The fourth-order valence-electron chi connectivity index (χ4n) is 4.73. The topological polar surface area (TPSA) is 49.8 Å². The first-order chi connectivity index (χ1) is 14.0. The van der Waals surface area contributed by atoms with E-state index in [0.717, 1.165) is 37.2 Å². The van der Waals surface area contributed by atoms with Gasteiger partial charge in [0.05, 0.1) is 17.6 Å². The fraction of sp³-hybridized carbons (Fsp3) is 0.458. The Kier molecular flexibility index (Phi) is 5.69. The molecule has 0 unspecified atom stereocenters. The van der Waals surface area contributed by atoms with Gasteiger partial charge in [-0.1, -0.05) is 54.1 Å². The predicted molar refractivity (Wildman–Crippen MR) is 114 cm³/mol. The third-order valence-electron chi connectivity index (χ3n) is 6.58. The lowest BCUT2D eigenvalue weighted by Crippen LogP contribution is -2.44. The van der Waals surface area contributed by atoms with Crippen LogP contribution in [0.1, 0.15) is 37.3 Å². The Balaban J connectivity index is 1.42. The molecule has 2 fully saturated rings. The molecular weight excluding hydrogens is 386 g/mol. The van der Waals surface area contributed by atoms with Gasteiger partial charge in [0.25, 0.3) is 0 Å². The second-order valence-corrected chi connectivity index (χ2v) is 8.73. The number of piperidine rings is 1. The molecule has 2 atom stereocenters. The number of hydrogen-bond acceptors (Lipinski definition) is 4. The summed E-state index contributed by atoms with van der Waals surface area (Å²) in [6, 6.07) is 17.5. The van der Waals surface area contributed by atoms with E-state index >= 15 is 0 Å². The highest BCUT2D eigenvalue weighted by molar-refractivity contribution is 6.30. The zero-order chi connectivity index (χ0) is 20.5. The summed E-state index contributed by atoms with van der Waals surface area (Å²) in [5.74, 6) is 0.150. The minimum absolute atomic E-state index is 0.106. The van der Waals surface area contributed by atoms with Crippen LogP contribution in [-0.2, 0) is 20.5 Å². The molecule has 0 spiro atoms. The third kappa shape index (κ3) is 3.94. The lowest BCUT2D eigenvalue weighted by Gasteiger charge is -2.39. The Morgan fingerprint density at radius 1 is 1.10 bits per heavy atom. The van der Waals surface area contributed by atoms with Crippen LogP contribution in [0.25, 0.3) is 0 Å². The highest BCUT2D eigenvalue weighted by Crippen LogP contribution is 2.55. The molecule has 1 saturated heterocycles. The maximum atomic E-state index is 12.8. The monoisotopic (exact) mass is 413 g/mol. The molecule has 1 N–H and O–H groups in total. The van der Waals surface area contributed by atoms with Crippen molar-refractivity contribution in [1.82, 2.24) is 4.90 Å². The lowest BCUT2D eigenvalue weighted by atomic mass is 9.84. The van der Waals surface area contributed by atoms with Crippen molar-refractivity contribution >= 4 is 17.6 Å². The van der Waals surface area contributed by atoms with Crippen molar-refractivity contribution in [3.05, 3.63) is 70.7 Å². The van der Waals surface area contributed by atoms with E-state index in [2.05, 4.69) is 4.90 Å². The average molecular weight is 414 g/mol. The summed E-state index contributed by atoms with van der Waals surface area (Å²) in [5.41, 5.74) is 0.667. The second kappa shape index (κ2) is 8.10. The smallest absolute Gasteiger partial charge is 0.316 e. The molecule has 154 valence electrons. The maximum Gasteiger partial charge on any atom is 0.316 e. The Bertz CT molecular complexity index is 846. The van der Waals surface area contributed by atoms with Gasteiger partial charge in [-0.05, 0) is 55.4 Å². The van der Waals surface area contributed by atoms with Crippen LogP contribution in [0, 0.1) is 5.92 Å². The number of carbonyl (C=O) groups is 1. The normalized spacial score (nSPS) is 26.1. The number of carbonyl (C=O) groups excluding carboxylic acids is 1. The van der Waals surface area contributed by atoms with Crippen molar-refractivity contribution in [2.45, 2.75) is 37.2 Å². The zero-order valence-electron chi connectivity index (χ0n) is 16.8. The molecule has 1 saturated carbocycles. The van der Waals surface area contributed by atoms with Gasteiger partial charge in [-0.25, -0.2) is 0 Å². The van der Waals surface area contributed by atoms with E-state index in [0.29, 0.717) is 24.5 Å². The Morgan fingerprint density at radius 3 is 2.38 bits per heavy atom. The SMILES string of the molecule is CCOC(=O)[C@]1(c2ccccc2)C[C@H]1CN1CCC(O)(c2ccc(Cl)cc2)CC1. The van der Waals surface area contributed by atoms with Crippen LogP contribution in [0.5, 0.6) is 0 Å². The van der Waals surface area contributed by atoms with Crippen LogP contribution >= 0.6 is 11.6 Å². The van der Waals surface area contributed by atoms with Gasteiger partial charge in [-0.15, -0.1) is 0 Å². The van der Waals surface area contributed by atoms with Crippen LogP contribution in [0.3, 0.4) is 0 Å². The molecule has 0 bridgehead atoms. The van der Waals surface area contributed by atoms with Crippen LogP contribution < -0.4 is 0 Å². The number of aliphatic hydroxyl groups is 1. The molecule has 4 nitrogen and oxygen atoms in total. The van der Waals surface area contributed by atoms with Gasteiger partial charge >= 0.3 is 5.97 Å². The molecule has 0 aromatic heterocycles. The Morgan fingerprint density at radius 2 is 1.76 bits per heavy atom. The molecule has 0 amide bonds. The van der Waals surface area contributed by atoms with E-state index < -0.39 is 11.0 Å². The molecule has 1 aliphatic carbocycles. The van der Waals surface area contributed by atoms with Crippen molar-refractivity contribution in [2.24, 2.45) is 5.92 Å². The minimum Gasteiger partial charge on any atom is -0.465 e. The van der Waals surface area contributed by atoms with Crippen LogP contribution in [-0.4, -0.2) is 42.2 Å². The van der Waals surface area contributed by atoms with Crippen molar-refractivity contribution < 1.29 is 14.6 Å². The first-order valence-corrected chi connectivity index (χ1v) is 10.8. The first kappa shape index (κ1) is 20.4. The molecule has 4 rings (SSSR count). The predicted octanol–water partition coefficient (Wildman–Crippen LogP) is 4.14. The zero-order valence-corrected chi connectivity index (χ0v) is 17.6. The Hall–Kier alpha value is -1.88. The standard InChI is InChI=1S/C24H28ClNO3/c1-2-29-22(27)24(19-6-4-3-5-7-19)16-20(24)17-26-14-12-23(28,13-15-26)18-8-10-21(25)11-9-18/h3-11,20,28H,2,12-17H2,1H3/t20-,24-/m0/s1. The van der Waals surface area contributed by atoms with E-state index in [9.17, 15) is 9.90 Å². The third-order valence-corrected chi connectivity index (χ3v) is 6.83. The number of esters is 1. The molecule has 2 aliphatic rings. The lowest BCUT2D eigenvalue weighted by molar-refractivity contribution is -0.146. The summed E-state index contributed by atoms with van der Waals surface area (Å²) < 4.78 is 5.44. The molecule has 1 heterocycles. The van der Waals surface area contributed by atoms with Crippen molar-refractivity contribution in [3.8, 4) is 0 Å². The van der Waals surface area contributed by atoms with Crippen LogP contribution in [0.15, 0.2) is 54.6 Å². The maximum absolute atomic E-state index is 12.8. The number of nitrogens with zero attached hydrogens (tertiary/aromatic N) is 1. The van der Waals surface area contributed by atoms with Crippen LogP contribution in [0.4, 0.5) is 0 Å². The van der Waals surface area contributed by atoms with Gasteiger partial charge in [0, 0.05) is 24.7 Å². The number of benzene rings is 2. The molecule has 5 heteroatoms. The molecule has 0 radical (unpaired) electrons. The van der Waals surface area contributed by atoms with Crippen molar-refractivity contribution in [3.63, 3.8) is 0 Å². The summed E-state index contributed by atoms with van der Waals surface area (Å²) in [4.78, 5) is 15.2.